The van der Waals surface area contributed by atoms with Crippen LogP contribution in [0.15, 0.2) is 18.2 Å². The summed E-state index contributed by atoms with van der Waals surface area (Å²) in [5.74, 6) is -3.13. The molecule has 1 saturated heterocycles. The lowest BCUT2D eigenvalue weighted by Gasteiger charge is -2.19. The van der Waals surface area contributed by atoms with Crippen molar-refractivity contribution in [1.82, 2.24) is 4.90 Å². The molecular weight excluding hydrogens is 256 g/mol. The average molecular weight is 269 g/mol. The maximum Gasteiger partial charge on any atom is 0.232 e. The number of halogens is 2. The Balaban J connectivity index is 2.20. The minimum Gasteiger partial charge on any atom is -0.386 e. The first-order chi connectivity index (χ1) is 8.91. The molecule has 0 aliphatic carbocycles. The van der Waals surface area contributed by atoms with Crippen molar-refractivity contribution >= 4 is 11.8 Å². The molecule has 1 aromatic carbocycles. The Kier molecular flexibility index (Phi) is 3.61. The molecule has 1 aliphatic rings. The molecule has 2 amide bonds. The standard InChI is InChI=1S/C13H13F2NO3/c1-7-5-11(18)16(13(7)19)6-10(17)12-8(14)3-2-4-9(12)15/h2-4,7,10,17H,5-6H2,1H3. The topological polar surface area (TPSA) is 57.6 Å². The lowest BCUT2D eigenvalue weighted by molar-refractivity contribution is -0.141. The van der Waals surface area contributed by atoms with Crippen LogP contribution in [0.5, 0.6) is 0 Å². The number of nitrogens with zero attached hydrogens (tertiary/aromatic N) is 1. The van der Waals surface area contributed by atoms with E-state index in [9.17, 15) is 23.5 Å². The fraction of sp³-hybridized carbons (Fsp3) is 0.385. The molecule has 2 unspecified atom stereocenters. The monoisotopic (exact) mass is 269 g/mol. The van der Waals surface area contributed by atoms with Gasteiger partial charge in [0.15, 0.2) is 0 Å². The third-order valence-corrected chi connectivity index (χ3v) is 3.16. The molecule has 102 valence electrons. The first-order valence-corrected chi connectivity index (χ1v) is 5.88. The molecule has 2 rings (SSSR count). The maximum absolute atomic E-state index is 13.5. The molecular formula is C13H13F2NO3. The number of hydrogen-bond acceptors (Lipinski definition) is 3. The van der Waals surface area contributed by atoms with Crippen LogP contribution in [0.3, 0.4) is 0 Å². The summed E-state index contributed by atoms with van der Waals surface area (Å²) in [7, 11) is 0. The quantitative estimate of drug-likeness (QED) is 0.844. The van der Waals surface area contributed by atoms with E-state index < -0.39 is 47.6 Å². The van der Waals surface area contributed by atoms with Gasteiger partial charge in [-0.1, -0.05) is 13.0 Å². The van der Waals surface area contributed by atoms with Crippen molar-refractivity contribution in [1.29, 1.82) is 0 Å². The summed E-state index contributed by atoms with van der Waals surface area (Å²) in [6.07, 6.45) is -1.51. The Labute approximate surface area is 108 Å². The van der Waals surface area contributed by atoms with E-state index in [0.29, 0.717) is 0 Å². The van der Waals surface area contributed by atoms with Gasteiger partial charge in [0.1, 0.15) is 17.7 Å². The van der Waals surface area contributed by atoms with Crippen LogP contribution < -0.4 is 0 Å². The van der Waals surface area contributed by atoms with Gasteiger partial charge in [-0.15, -0.1) is 0 Å². The van der Waals surface area contributed by atoms with Crippen molar-refractivity contribution in [2.24, 2.45) is 5.92 Å². The first kappa shape index (κ1) is 13.6. The van der Waals surface area contributed by atoms with Gasteiger partial charge in [-0.05, 0) is 12.1 Å². The predicted molar refractivity (Wildman–Crippen MR) is 61.8 cm³/mol. The highest BCUT2D eigenvalue weighted by molar-refractivity contribution is 6.03. The molecule has 4 nitrogen and oxygen atoms in total. The number of benzene rings is 1. The maximum atomic E-state index is 13.5. The fourth-order valence-corrected chi connectivity index (χ4v) is 2.13. The minimum atomic E-state index is -1.57. The van der Waals surface area contributed by atoms with Gasteiger partial charge in [-0.3, -0.25) is 14.5 Å². The number of carbonyl (C=O) groups excluding carboxylic acids is 2. The molecule has 1 N–H and O–H groups in total. The number of aliphatic hydroxyl groups excluding tert-OH is 1. The highest BCUT2D eigenvalue weighted by Crippen LogP contribution is 2.25. The summed E-state index contributed by atoms with van der Waals surface area (Å²) in [5, 5.41) is 9.84. The van der Waals surface area contributed by atoms with Crippen molar-refractivity contribution in [3.63, 3.8) is 0 Å². The number of imide groups is 1. The third kappa shape index (κ3) is 2.49. The average Bonchev–Trinajstić information content (AvgIpc) is 2.56. The van der Waals surface area contributed by atoms with E-state index in [1.165, 1.54) is 6.07 Å². The van der Waals surface area contributed by atoms with Crippen LogP contribution in [0, 0.1) is 17.6 Å². The minimum absolute atomic E-state index is 0.0608. The van der Waals surface area contributed by atoms with Crippen molar-refractivity contribution in [3.8, 4) is 0 Å². The molecule has 1 heterocycles. The smallest absolute Gasteiger partial charge is 0.232 e. The highest BCUT2D eigenvalue weighted by atomic mass is 19.1. The van der Waals surface area contributed by atoms with Gasteiger partial charge >= 0.3 is 0 Å². The Hall–Kier alpha value is -1.82. The molecule has 0 radical (unpaired) electrons. The molecule has 0 aromatic heterocycles. The van der Waals surface area contributed by atoms with Gasteiger partial charge in [0.25, 0.3) is 0 Å². The fourth-order valence-electron chi connectivity index (χ4n) is 2.13. The van der Waals surface area contributed by atoms with Crippen molar-refractivity contribution < 1.29 is 23.5 Å². The van der Waals surface area contributed by atoms with E-state index in [-0.39, 0.29) is 6.42 Å². The normalized spacial score (nSPS) is 21.1. The number of aliphatic hydroxyl groups is 1. The van der Waals surface area contributed by atoms with E-state index >= 15 is 0 Å². The SMILES string of the molecule is CC1CC(=O)N(CC(O)c2c(F)cccc2F)C1=O. The lowest BCUT2D eigenvalue weighted by Crippen LogP contribution is -2.34. The number of amides is 2. The van der Waals surface area contributed by atoms with Crippen LogP contribution >= 0.6 is 0 Å². The summed E-state index contributed by atoms with van der Waals surface area (Å²) in [6, 6.07) is 3.20. The van der Waals surface area contributed by atoms with Crippen molar-refractivity contribution in [2.75, 3.05) is 6.54 Å². The molecule has 1 aliphatic heterocycles. The summed E-state index contributed by atoms with van der Waals surface area (Å²) >= 11 is 0. The number of β-amino-alcohol motifs (C(OH)–C–C–N with tert-alkyl or cyclic N) is 1. The number of rotatable bonds is 3. The van der Waals surface area contributed by atoms with Crippen LogP contribution in [-0.4, -0.2) is 28.4 Å². The van der Waals surface area contributed by atoms with E-state index in [2.05, 4.69) is 0 Å². The lowest BCUT2D eigenvalue weighted by atomic mass is 10.1. The molecule has 0 saturated carbocycles. The molecule has 1 aromatic rings. The largest absolute Gasteiger partial charge is 0.386 e. The van der Waals surface area contributed by atoms with E-state index in [1.807, 2.05) is 0 Å². The van der Waals surface area contributed by atoms with Gasteiger partial charge in [0.2, 0.25) is 11.8 Å². The second-order valence-corrected chi connectivity index (χ2v) is 4.60. The number of likely N-dealkylation sites (tertiary alicyclic amines) is 1. The second kappa shape index (κ2) is 5.05. The van der Waals surface area contributed by atoms with Crippen LogP contribution in [-0.2, 0) is 9.59 Å². The van der Waals surface area contributed by atoms with Crippen molar-refractivity contribution in [3.05, 3.63) is 35.4 Å². The van der Waals surface area contributed by atoms with Crippen LogP contribution in [0.25, 0.3) is 0 Å². The molecule has 2 atom stereocenters. The highest BCUT2D eigenvalue weighted by Gasteiger charge is 2.37. The van der Waals surface area contributed by atoms with Crippen LogP contribution in [0.2, 0.25) is 0 Å². The van der Waals surface area contributed by atoms with Gasteiger partial charge in [0, 0.05) is 12.3 Å². The summed E-state index contributed by atoms with van der Waals surface area (Å²) in [4.78, 5) is 24.0. The van der Waals surface area contributed by atoms with Gasteiger partial charge in [0.05, 0.1) is 12.1 Å². The number of carbonyl (C=O) groups is 2. The summed E-state index contributed by atoms with van der Waals surface area (Å²) in [5.41, 5.74) is -0.525. The van der Waals surface area contributed by atoms with Crippen LogP contribution in [0.4, 0.5) is 8.78 Å². The Bertz CT molecular complexity index is 512. The van der Waals surface area contributed by atoms with E-state index in [1.54, 1.807) is 6.92 Å². The van der Waals surface area contributed by atoms with E-state index in [0.717, 1.165) is 17.0 Å². The second-order valence-electron chi connectivity index (χ2n) is 4.60. The molecule has 19 heavy (non-hydrogen) atoms. The zero-order valence-corrected chi connectivity index (χ0v) is 10.3. The Morgan fingerprint density at radius 3 is 2.42 bits per heavy atom. The summed E-state index contributed by atoms with van der Waals surface area (Å²) < 4.78 is 26.9. The van der Waals surface area contributed by atoms with Crippen LogP contribution in [0.1, 0.15) is 25.0 Å². The van der Waals surface area contributed by atoms with Gasteiger partial charge < -0.3 is 5.11 Å². The van der Waals surface area contributed by atoms with Crippen molar-refractivity contribution in [2.45, 2.75) is 19.4 Å². The van der Waals surface area contributed by atoms with Gasteiger partial charge in [-0.25, -0.2) is 8.78 Å². The van der Waals surface area contributed by atoms with Gasteiger partial charge in [-0.2, -0.15) is 0 Å². The predicted octanol–water partition coefficient (Wildman–Crippen LogP) is 1.39. The summed E-state index contributed by atoms with van der Waals surface area (Å²) in [6.45, 7) is 1.16. The third-order valence-electron chi connectivity index (χ3n) is 3.16. The molecule has 0 bridgehead atoms. The molecule has 6 heteroatoms. The Morgan fingerprint density at radius 1 is 1.37 bits per heavy atom. The molecule has 1 fully saturated rings. The first-order valence-electron chi connectivity index (χ1n) is 5.88. The van der Waals surface area contributed by atoms with E-state index in [4.69, 9.17) is 0 Å². The Morgan fingerprint density at radius 2 is 1.95 bits per heavy atom. The zero-order valence-electron chi connectivity index (χ0n) is 10.3. The zero-order chi connectivity index (χ0) is 14.2. The molecule has 0 spiro atoms. The number of hydrogen-bond donors (Lipinski definition) is 1.